The van der Waals surface area contributed by atoms with Crippen molar-refractivity contribution >= 4 is 16.5 Å². The molecular weight excluding hydrogens is 294 g/mol. The van der Waals surface area contributed by atoms with E-state index in [1.807, 2.05) is 63.2 Å². The summed E-state index contributed by atoms with van der Waals surface area (Å²) in [7, 11) is 4.00. The third kappa shape index (κ3) is 4.53. The van der Waals surface area contributed by atoms with E-state index in [2.05, 4.69) is 10.3 Å². The summed E-state index contributed by atoms with van der Waals surface area (Å²) in [5, 5.41) is 14.8. The lowest BCUT2D eigenvalue weighted by atomic mass is 10.0. The van der Waals surface area contributed by atoms with E-state index in [-0.39, 0.29) is 6.04 Å². The number of thiazole rings is 1. The fourth-order valence-corrected chi connectivity index (χ4v) is 3.12. The van der Waals surface area contributed by atoms with Crippen LogP contribution in [0.5, 0.6) is 0 Å². The maximum Gasteiger partial charge on any atom is 0.185 e. The molecule has 0 bridgehead atoms. The smallest absolute Gasteiger partial charge is 0.185 e. The van der Waals surface area contributed by atoms with Gasteiger partial charge in [0.05, 0.1) is 11.8 Å². The van der Waals surface area contributed by atoms with Crippen LogP contribution in [0.2, 0.25) is 0 Å². The third-order valence-corrected chi connectivity index (χ3v) is 5.04. The van der Waals surface area contributed by atoms with Crippen LogP contribution in [0.3, 0.4) is 0 Å². The fraction of sp³-hybridized carbons (Fsp3) is 0.471. The maximum atomic E-state index is 10.3. The first-order chi connectivity index (χ1) is 10.5. The molecule has 0 amide bonds. The standard InChI is InChI=1S/C17H25N3OS/c1-12(15(21)10-14-8-6-5-7-9-14)18-11-16-13(2)19-17(22-16)20(3)4/h5-9,12,15,18,21H,10-11H2,1-4H3. The highest BCUT2D eigenvalue weighted by molar-refractivity contribution is 7.15. The minimum atomic E-state index is -0.399. The topological polar surface area (TPSA) is 48.4 Å². The molecule has 0 aliphatic heterocycles. The third-order valence-electron chi connectivity index (χ3n) is 3.71. The van der Waals surface area contributed by atoms with E-state index in [0.717, 1.165) is 22.9 Å². The molecule has 1 heterocycles. The second kappa shape index (κ2) is 7.72. The van der Waals surface area contributed by atoms with E-state index in [4.69, 9.17) is 0 Å². The van der Waals surface area contributed by atoms with Crippen molar-refractivity contribution < 1.29 is 5.11 Å². The molecule has 2 atom stereocenters. The number of benzene rings is 1. The molecule has 0 aliphatic rings. The number of aliphatic hydroxyl groups is 1. The summed E-state index contributed by atoms with van der Waals surface area (Å²) >= 11 is 1.70. The van der Waals surface area contributed by atoms with Crippen molar-refractivity contribution in [3.8, 4) is 0 Å². The van der Waals surface area contributed by atoms with Gasteiger partial charge in [-0.25, -0.2) is 4.98 Å². The zero-order valence-corrected chi connectivity index (χ0v) is 14.5. The van der Waals surface area contributed by atoms with Crippen LogP contribution in [-0.4, -0.2) is 36.3 Å². The number of anilines is 1. The summed E-state index contributed by atoms with van der Waals surface area (Å²) in [6.07, 6.45) is 0.267. The maximum absolute atomic E-state index is 10.3. The van der Waals surface area contributed by atoms with Gasteiger partial charge < -0.3 is 15.3 Å². The van der Waals surface area contributed by atoms with Crippen LogP contribution in [0.15, 0.2) is 30.3 Å². The van der Waals surface area contributed by atoms with E-state index in [1.54, 1.807) is 11.3 Å². The molecule has 5 heteroatoms. The van der Waals surface area contributed by atoms with Crippen molar-refractivity contribution in [1.82, 2.24) is 10.3 Å². The molecule has 1 aromatic carbocycles. The van der Waals surface area contributed by atoms with Crippen LogP contribution >= 0.6 is 11.3 Å². The Morgan fingerprint density at radius 2 is 1.95 bits per heavy atom. The molecule has 120 valence electrons. The number of hydrogen-bond acceptors (Lipinski definition) is 5. The summed E-state index contributed by atoms with van der Waals surface area (Å²) < 4.78 is 0. The van der Waals surface area contributed by atoms with Crippen molar-refractivity contribution in [3.63, 3.8) is 0 Å². The molecule has 0 spiro atoms. The average molecular weight is 319 g/mol. The predicted octanol–water partition coefficient (Wildman–Crippen LogP) is 2.60. The molecule has 2 aromatic rings. The van der Waals surface area contributed by atoms with E-state index in [0.29, 0.717) is 6.42 Å². The van der Waals surface area contributed by atoms with Crippen LogP contribution in [0, 0.1) is 6.92 Å². The zero-order chi connectivity index (χ0) is 16.1. The van der Waals surface area contributed by atoms with Gasteiger partial charge in [-0.2, -0.15) is 0 Å². The monoisotopic (exact) mass is 319 g/mol. The van der Waals surface area contributed by atoms with Crippen molar-refractivity contribution in [2.75, 3.05) is 19.0 Å². The lowest BCUT2D eigenvalue weighted by molar-refractivity contribution is 0.134. The average Bonchev–Trinajstić information content (AvgIpc) is 2.87. The van der Waals surface area contributed by atoms with E-state index >= 15 is 0 Å². The Morgan fingerprint density at radius 1 is 1.27 bits per heavy atom. The van der Waals surface area contributed by atoms with Crippen LogP contribution in [0.25, 0.3) is 0 Å². The number of aliphatic hydroxyl groups excluding tert-OH is 1. The lowest BCUT2D eigenvalue weighted by Gasteiger charge is -2.20. The Labute approximate surface area is 136 Å². The molecule has 1 aromatic heterocycles. The Balaban J connectivity index is 1.88. The van der Waals surface area contributed by atoms with Gasteiger partial charge in [0, 0.05) is 31.6 Å². The largest absolute Gasteiger partial charge is 0.391 e. The van der Waals surface area contributed by atoms with Crippen molar-refractivity contribution in [3.05, 3.63) is 46.5 Å². The van der Waals surface area contributed by atoms with E-state index < -0.39 is 6.10 Å². The number of aryl methyl sites for hydroxylation is 1. The van der Waals surface area contributed by atoms with Gasteiger partial charge in [0.1, 0.15) is 0 Å². The predicted molar refractivity (Wildman–Crippen MR) is 93.6 cm³/mol. The summed E-state index contributed by atoms with van der Waals surface area (Å²) in [5.74, 6) is 0. The second-order valence-electron chi connectivity index (χ2n) is 5.83. The van der Waals surface area contributed by atoms with Crippen LogP contribution in [-0.2, 0) is 13.0 Å². The Morgan fingerprint density at radius 3 is 2.55 bits per heavy atom. The highest BCUT2D eigenvalue weighted by Gasteiger charge is 2.16. The highest BCUT2D eigenvalue weighted by atomic mass is 32.1. The fourth-order valence-electron chi connectivity index (χ4n) is 2.19. The highest BCUT2D eigenvalue weighted by Crippen LogP contribution is 2.24. The van der Waals surface area contributed by atoms with E-state index in [9.17, 15) is 5.11 Å². The molecular formula is C17H25N3OS. The Kier molecular flexibility index (Phi) is 5.94. The van der Waals surface area contributed by atoms with Crippen LogP contribution < -0.4 is 10.2 Å². The first-order valence-electron chi connectivity index (χ1n) is 7.56. The van der Waals surface area contributed by atoms with Crippen molar-refractivity contribution in [2.45, 2.75) is 39.0 Å². The first kappa shape index (κ1) is 16.9. The van der Waals surface area contributed by atoms with Gasteiger partial charge in [-0.3, -0.25) is 0 Å². The normalized spacial score (nSPS) is 13.9. The minimum absolute atomic E-state index is 0.0320. The first-order valence-corrected chi connectivity index (χ1v) is 8.38. The molecule has 22 heavy (non-hydrogen) atoms. The number of aromatic nitrogens is 1. The molecule has 4 nitrogen and oxygen atoms in total. The van der Waals surface area contributed by atoms with Gasteiger partial charge in [0.15, 0.2) is 5.13 Å². The number of nitrogens with zero attached hydrogens (tertiary/aromatic N) is 2. The van der Waals surface area contributed by atoms with Gasteiger partial charge in [-0.05, 0) is 25.8 Å². The SMILES string of the molecule is Cc1nc(N(C)C)sc1CNC(C)C(O)Cc1ccccc1. The molecule has 0 aliphatic carbocycles. The molecule has 2 unspecified atom stereocenters. The van der Waals surface area contributed by atoms with Gasteiger partial charge in [-0.1, -0.05) is 30.3 Å². The quantitative estimate of drug-likeness (QED) is 0.823. The molecule has 2 rings (SSSR count). The number of hydrogen-bond donors (Lipinski definition) is 2. The molecule has 0 saturated heterocycles. The zero-order valence-electron chi connectivity index (χ0n) is 13.7. The van der Waals surface area contributed by atoms with Crippen LogP contribution in [0.1, 0.15) is 23.1 Å². The molecule has 0 fully saturated rings. The Hall–Kier alpha value is -1.43. The summed E-state index contributed by atoms with van der Waals surface area (Å²) in [6, 6.07) is 10.1. The molecule has 0 saturated carbocycles. The molecule has 2 N–H and O–H groups in total. The van der Waals surface area contributed by atoms with Gasteiger partial charge >= 0.3 is 0 Å². The number of nitrogens with one attached hydrogen (secondary N) is 1. The summed E-state index contributed by atoms with van der Waals surface area (Å²) in [4.78, 5) is 7.79. The van der Waals surface area contributed by atoms with Crippen molar-refractivity contribution in [2.24, 2.45) is 0 Å². The second-order valence-corrected chi connectivity index (χ2v) is 6.89. The summed E-state index contributed by atoms with van der Waals surface area (Å²) in [5.41, 5.74) is 2.22. The van der Waals surface area contributed by atoms with Crippen molar-refractivity contribution in [1.29, 1.82) is 0 Å². The number of rotatable bonds is 7. The van der Waals surface area contributed by atoms with E-state index in [1.165, 1.54) is 4.88 Å². The minimum Gasteiger partial charge on any atom is -0.391 e. The van der Waals surface area contributed by atoms with Gasteiger partial charge in [-0.15, -0.1) is 11.3 Å². The van der Waals surface area contributed by atoms with Gasteiger partial charge in [0.25, 0.3) is 0 Å². The summed E-state index contributed by atoms with van der Waals surface area (Å²) in [6.45, 7) is 4.80. The Bertz CT molecular complexity index is 583. The lowest BCUT2D eigenvalue weighted by Crippen LogP contribution is -2.38. The van der Waals surface area contributed by atoms with Gasteiger partial charge in [0.2, 0.25) is 0 Å². The molecule has 0 radical (unpaired) electrons. The van der Waals surface area contributed by atoms with Crippen LogP contribution in [0.4, 0.5) is 5.13 Å².